The van der Waals surface area contributed by atoms with E-state index in [4.69, 9.17) is 31.5 Å². The van der Waals surface area contributed by atoms with Crippen LogP contribution in [0.3, 0.4) is 0 Å². The summed E-state index contributed by atoms with van der Waals surface area (Å²) in [5.41, 5.74) is -1.03. The number of halogens is 2. The molecule has 0 saturated carbocycles. The van der Waals surface area contributed by atoms with Crippen LogP contribution in [0.25, 0.3) is 5.69 Å². The number of aromatic nitrogens is 2. The van der Waals surface area contributed by atoms with Crippen LogP contribution < -0.4 is 9.74 Å². The Bertz CT molecular complexity index is 1320. The molecule has 1 heterocycles. The predicted molar refractivity (Wildman–Crippen MR) is 108 cm³/mol. The quantitative estimate of drug-likeness (QED) is 0.565. The monoisotopic (exact) mass is 441 g/mol. The molecule has 0 radical (unpaired) electrons. The second kappa shape index (κ2) is 7.58. The lowest BCUT2D eigenvalue weighted by atomic mass is 10.2. The first-order chi connectivity index (χ1) is 14.3. The van der Waals surface area contributed by atoms with Crippen LogP contribution in [0, 0.1) is 20.7 Å². The van der Waals surface area contributed by atoms with Crippen LogP contribution >= 0.6 is 23.2 Å². The van der Waals surface area contributed by atoms with E-state index in [2.05, 4.69) is 4.98 Å². The molecule has 0 saturated heterocycles. The minimum atomic E-state index is -4.45. The first kappa shape index (κ1) is 16.6. The highest BCUT2D eigenvalue weighted by Gasteiger charge is 2.22. The zero-order valence-electron chi connectivity index (χ0n) is 17.7. The minimum Gasteiger partial charge on any atom is -0.358 e. The van der Waals surface area contributed by atoms with E-state index in [9.17, 15) is 13.2 Å². The molecule has 0 fully saturated rings. The van der Waals surface area contributed by atoms with Gasteiger partial charge in [-0.15, -0.1) is 0 Å². The van der Waals surface area contributed by atoms with Crippen molar-refractivity contribution in [1.29, 1.82) is 0 Å². The van der Waals surface area contributed by atoms with E-state index in [1.165, 1.54) is 37.3 Å². The van der Waals surface area contributed by atoms with Crippen LogP contribution in [0.4, 0.5) is 0 Å². The van der Waals surface area contributed by atoms with Crippen LogP contribution in [0.15, 0.2) is 52.2 Å². The van der Waals surface area contributed by atoms with Crippen molar-refractivity contribution in [2.75, 3.05) is 0 Å². The average Bonchev–Trinajstić information content (AvgIpc) is 2.63. The molecule has 0 amide bonds. The fourth-order valence-electron chi connectivity index (χ4n) is 2.47. The van der Waals surface area contributed by atoms with Gasteiger partial charge in [-0.25, -0.2) is 0 Å². The Morgan fingerprint density at radius 1 is 1.11 bits per heavy atom. The molecule has 0 bridgehead atoms. The van der Waals surface area contributed by atoms with Gasteiger partial charge in [0, 0.05) is 4.11 Å². The first-order valence-corrected chi connectivity index (χ1v) is 10.1. The predicted octanol–water partition coefficient (Wildman–Crippen LogP) is 4.23. The van der Waals surface area contributed by atoms with Crippen LogP contribution in [0.5, 0.6) is 5.88 Å². The third-order valence-corrected chi connectivity index (χ3v) is 5.92. The van der Waals surface area contributed by atoms with Crippen molar-refractivity contribution in [1.82, 2.24) is 9.55 Å². The Kier molecular flexibility index (Phi) is 4.49. The van der Waals surface area contributed by atoms with Crippen molar-refractivity contribution < 1.29 is 16.7 Å². The van der Waals surface area contributed by atoms with Crippen molar-refractivity contribution in [3.8, 4) is 11.6 Å². The van der Waals surface area contributed by atoms with Crippen LogP contribution in [-0.2, 0) is 10.1 Å². The molecule has 6 nitrogen and oxygen atoms in total. The van der Waals surface area contributed by atoms with Crippen molar-refractivity contribution >= 4 is 33.3 Å². The molecule has 3 aromatic rings. The molecule has 1 aromatic heterocycles. The van der Waals surface area contributed by atoms with Gasteiger partial charge in [0.2, 0.25) is 5.88 Å². The third kappa shape index (κ3) is 3.78. The first-order valence-electron chi connectivity index (χ1n) is 9.42. The fourth-order valence-corrected chi connectivity index (χ4v) is 3.74. The maximum absolute atomic E-state index is 13.2. The highest BCUT2D eigenvalue weighted by molar-refractivity contribution is 7.87. The Morgan fingerprint density at radius 2 is 1.79 bits per heavy atom. The number of rotatable bonds is 4. The summed E-state index contributed by atoms with van der Waals surface area (Å²) in [5, 5.41) is 0.150. The van der Waals surface area contributed by atoms with Gasteiger partial charge in [-0.3, -0.25) is 9.36 Å². The molecule has 0 N–H and O–H groups in total. The summed E-state index contributed by atoms with van der Waals surface area (Å²) in [6.07, 6.45) is 0. The van der Waals surface area contributed by atoms with E-state index < -0.39 is 34.0 Å². The van der Waals surface area contributed by atoms with E-state index in [-0.39, 0.29) is 26.5 Å². The van der Waals surface area contributed by atoms with Gasteiger partial charge >= 0.3 is 10.1 Å². The number of nitrogens with zero attached hydrogens (tertiary/aromatic N) is 2. The van der Waals surface area contributed by atoms with Gasteiger partial charge in [-0.05, 0) is 45.0 Å². The number of aryl methyl sites for hydroxylation is 2. The highest BCUT2D eigenvalue weighted by atomic mass is 35.5. The lowest BCUT2D eigenvalue weighted by Crippen LogP contribution is -2.26. The molecule has 9 heteroatoms. The molecule has 2 aromatic carbocycles. The van der Waals surface area contributed by atoms with Gasteiger partial charge in [0.05, 0.1) is 21.3 Å². The van der Waals surface area contributed by atoms with E-state index in [0.717, 1.165) is 10.1 Å². The normalized spacial score (nSPS) is 13.5. The maximum atomic E-state index is 13.2. The summed E-state index contributed by atoms with van der Waals surface area (Å²) in [6.45, 7) is 0.130. The molecule has 0 aliphatic heterocycles. The molecule has 0 aliphatic rings. The Morgan fingerprint density at radius 3 is 2.43 bits per heavy atom. The second-order valence-corrected chi connectivity index (χ2v) is 8.23. The largest absolute Gasteiger partial charge is 0.358 e. The average molecular weight is 442 g/mol. The molecule has 0 aliphatic carbocycles. The van der Waals surface area contributed by atoms with Crippen LogP contribution in [0.2, 0.25) is 10.0 Å². The molecule has 0 atom stereocenters. The second-order valence-electron chi connectivity index (χ2n) is 5.90. The molecule has 0 unspecified atom stereocenters. The minimum absolute atomic E-state index is 0.00797. The Labute approximate surface area is 176 Å². The summed E-state index contributed by atoms with van der Waals surface area (Å²) in [4.78, 5) is 16.9. The summed E-state index contributed by atoms with van der Waals surface area (Å²) < 4.78 is 54.6. The molecule has 28 heavy (non-hydrogen) atoms. The Hall–Kier alpha value is -2.35. The molecule has 3 rings (SSSR count). The smallest absolute Gasteiger partial charge is 0.340 e. The van der Waals surface area contributed by atoms with Crippen molar-refractivity contribution in [3.63, 3.8) is 0 Å². The molecular weight excluding hydrogens is 423 g/mol. The number of hydrogen-bond acceptors (Lipinski definition) is 5. The topological polar surface area (TPSA) is 78.3 Å². The van der Waals surface area contributed by atoms with Gasteiger partial charge < -0.3 is 4.18 Å². The van der Waals surface area contributed by atoms with Gasteiger partial charge in [0.25, 0.3) is 5.56 Å². The molecule has 146 valence electrons. The van der Waals surface area contributed by atoms with Gasteiger partial charge in [0.1, 0.15) is 10.7 Å². The van der Waals surface area contributed by atoms with Gasteiger partial charge in [-0.1, -0.05) is 47.0 Å². The van der Waals surface area contributed by atoms with Crippen molar-refractivity contribution in [2.45, 2.75) is 25.6 Å². The summed E-state index contributed by atoms with van der Waals surface area (Å²) in [6, 6.07) is 10.2. The SMILES string of the molecule is [2H]C([2H])([2H])c1c(OS(=O)(=O)c2ccc(C)cc2)nc(C)n(-c2cccc(Cl)c2Cl)c1=O. The van der Waals surface area contributed by atoms with Gasteiger partial charge in [-0.2, -0.15) is 13.4 Å². The standard InChI is InChI=1S/C19H16Cl2N2O4S/c1-11-7-9-14(10-8-11)28(25,26)27-18-12(2)19(24)23(13(3)22-18)16-6-4-5-15(20)17(16)21/h4-10H,1-3H3/i2D3. The maximum Gasteiger partial charge on any atom is 0.340 e. The summed E-state index contributed by atoms with van der Waals surface area (Å²) >= 11 is 12.2. The summed E-state index contributed by atoms with van der Waals surface area (Å²) in [5.74, 6) is -0.867. The van der Waals surface area contributed by atoms with E-state index >= 15 is 0 Å². The number of hydrogen-bond donors (Lipinski definition) is 0. The van der Waals surface area contributed by atoms with Crippen molar-refractivity contribution in [2.24, 2.45) is 0 Å². The summed E-state index contributed by atoms with van der Waals surface area (Å²) in [7, 11) is -4.45. The molecular formula is C19H16Cl2N2O4S. The number of benzene rings is 2. The van der Waals surface area contributed by atoms with E-state index in [0.29, 0.717) is 0 Å². The van der Waals surface area contributed by atoms with Crippen molar-refractivity contribution in [3.05, 3.63) is 79.8 Å². The Balaban J connectivity index is 2.24. The van der Waals surface area contributed by atoms with Crippen LogP contribution in [-0.4, -0.2) is 18.0 Å². The third-order valence-electron chi connectivity index (χ3n) is 3.89. The lowest BCUT2D eigenvalue weighted by Gasteiger charge is -2.15. The lowest BCUT2D eigenvalue weighted by molar-refractivity contribution is 0.469. The van der Waals surface area contributed by atoms with Crippen LogP contribution in [0.1, 0.15) is 21.1 Å². The zero-order valence-corrected chi connectivity index (χ0v) is 17.1. The van der Waals surface area contributed by atoms with E-state index in [1.807, 2.05) is 0 Å². The van der Waals surface area contributed by atoms with Gasteiger partial charge in [0.15, 0.2) is 0 Å². The highest BCUT2D eigenvalue weighted by Crippen LogP contribution is 2.29. The zero-order chi connectivity index (χ0) is 23.1. The molecule has 0 spiro atoms. The van der Waals surface area contributed by atoms with E-state index in [1.54, 1.807) is 19.1 Å². The fraction of sp³-hybridized carbons (Fsp3) is 0.158.